The number of carbonyl (C=O) groups excluding carboxylic acids is 15. The number of amides is 15. The fourth-order valence-electron chi connectivity index (χ4n) is 9.15. The van der Waals surface area contributed by atoms with Crippen LogP contribution in [0, 0.1) is 48.9 Å². The summed E-state index contributed by atoms with van der Waals surface area (Å²) in [6.45, 7) is 7.96. The van der Waals surface area contributed by atoms with E-state index in [1.165, 1.54) is 32.4 Å². The number of methoxy groups -OCH3 is 6. The molecular weight excluding hydrogens is 2390 g/mol. The third kappa shape index (κ3) is 45.6. The number of nitrogens with zero attached hydrogens (tertiary/aromatic N) is 6. The van der Waals surface area contributed by atoms with Crippen molar-refractivity contribution >= 4 is 88.6 Å². The number of piperidine rings is 5. The Morgan fingerprint density at radius 2 is 0.829 bits per heavy atom. The largest absolute Gasteiger partial charge is 2.00 e. The molecule has 0 bridgehead atoms. The van der Waals surface area contributed by atoms with Crippen molar-refractivity contribution in [2.24, 2.45) is 0 Å². The number of aryl methyl sites for hydroxylation is 1. The zero-order valence-corrected chi connectivity index (χ0v) is 82.0. The first kappa shape index (κ1) is 117. The zero-order chi connectivity index (χ0) is 84.6. The minimum absolute atomic E-state index is 0. The monoisotopic (exact) mass is 2480 g/mol. The second kappa shape index (κ2) is 65.7. The number of hydrogen-bond acceptors (Lipinski definition) is 22. The topological polar surface area (TPSA) is 443 Å². The Morgan fingerprint density at radius 1 is 0.453 bits per heavy atom. The van der Waals surface area contributed by atoms with Crippen LogP contribution in [-0.2, 0) is 177 Å². The quantitative estimate of drug-likeness (QED) is 0.0608. The third-order valence-electron chi connectivity index (χ3n) is 14.3. The predicted octanol–water partition coefficient (Wildman–Crippen LogP) is 7.79. The van der Waals surface area contributed by atoms with Gasteiger partial charge in [0.1, 0.15) is 0 Å². The molecule has 0 aliphatic carbocycles. The molecule has 5 aliphatic rings. The standard InChI is InChI=1S/C15H17N2O3.C14H15N2O4.C13H12FN2O4.C13H12FN2O3.C13H13N2O3.5C2H6O.5W/c1-9(2)10-4-3-5-11(8-10)14(19)16-12-6-7-13(18)17-15(12)20;1-2-20-10-5-3-4-9(8-10)13(18)15-11-6-7-12(17)16-14(11)19;1-20-10-4-2-7(14)6-8(10)12(18)15-9-3-5-11(17)16-13(9)19;1-7-4-8(6-9(14)5-7)12(18)15-10-2-3-11(17)16-13(10)19;1-15-11(16)8-7-10(13(15)18)14-12(17)9-5-3-2-4-6-9;5*1-3-2;;;;;/h3-5,9,12H,6-7H2,1-2H3,(H2,16,17,18,19,20);3-5,11H,2,6-7H2,1H3,(H2,15,16,17,18,19);2,4,9H,3,5H2,1H3,(H2,15,16,17,18,19);4-5,10H,2-3H2,1H3,(H2,15,16,17,18,19);2-5,10H,7-8H2,1H3,(H,14,17);5*1-2H3;;;;;/q5*-1;;;;;;5*+2/p-5/t;;9-;;;;;;;;;;;;/m..1............/s1. The van der Waals surface area contributed by atoms with Crippen molar-refractivity contribution < 1.29 is 219 Å². The summed E-state index contributed by atoms with van der Waals surface area (Å²) in [6, 6.07) is 30.7. The molecule has 0 aromatic heterocycles. The van der Waals surface area contributed by atoms with Crippen LogP contribution in [0.4, 0.5) is 8.78 Å². The van der Waals surface area contributed by atoms with Crippen LogP contribution in [0.1, 0.15) is 154 Å². The average molecular weight is 2480 g/mol. The van der Waals surface area contributed by atoms with E-state index in [1.54, 1.807) is 133 Å². The summed E-state index contributed by atoms with van der Waals surface area (Å²) in [7, 11) is 19.0. The molecule has 5 saturated heterocycles. The molecule has 10 rings (SSSR count). The minimum atomic E-state index is -0.957. The molecule has 15 amide bonds. The summed E-state index contributed by atoms with van der Waals surface area (Å²) in [5.41, 5.74) is 2.19. The fourth-order valence-corrected chi connectivity index (χ4v) is 9.15. The van der Waals surface area contributed by atoms with E-state index in [1.807, 2.05) is 26.8 Å². The van der Waals surface area contributed by atoms with Gasteiger partial charge in [-0.05, 0) is 105 Å². The first-order valence-electron chi connectivity index (χ1n) is 34.2. The van der Waals surface area contributed by atoms with Gasteiger partial charge in [0.25, 0.3) is 0 Å². The molecule has 4 N–H and O–H groups in total. The summed E-state index contributed by atoms with van der Waals surface area (Å²) in [5.74, 6) is -7.90. The van der Waals surface area contributed by atoms with Gasteiger partial charge in [0, 0.05) is 133 Å². The summed E-state index contributed by atoms with van der Waals surface area (Å²) in [6.07, 6.45) is 2.04. The number of nitrogens with one attached hydrogen (secondary N) is 4. The molecule has 117 heavy (non-hydrogen) atoms. The second-order valence-corrected chi connectivity index (χ2v) is 23.9. The Labute approximate surface area is 751 Å². The van der Waals surface area contributed by atoms with Crippen LogP contribution in [-0.4, -0.2) is 216 Å². The summed E-state index contributed by atoms with van der Waals surface area (Å²) in [4.78, 5) is 174. The number of ether oxygens (including phenoxy) is 7. The molecule has 39 heteroatoms. The van der Waals surface area contributed by atoms with Gasteiger partial charge in [-0.15, -0.1) is 143 Å². The molecule has 32 nitrogen and oxygen atoms in total. The van der Waals surface area contributed by atoms with Crippen molar-refractivity contribution in [2.75, 3.05) is 91.9 Å². The number of hydrogen-bond donors (Lipinski definition) is 4. The Bertz CT molecular complexity index is 3960. The molecule has 5 aliphatic heterocycles. The molecule has 5 aromatic rings. The van der Waals surface area contributed by atoms with Crippen LogP contribution in [0.15, 0.2) is 84.9 Å². The van der Waals surface area contributed by atoms with E-state index in [2.05, 4.69) is 102 Å². The van der Waals surface area contributed by atoms with Gasteiger partial charge in [0.05, 0.1) is 13.7 Å². The maximum absolute atomic E-state index is 13.1. The molecule has 5 aromatic carbocycles. The number of carbonyl (C=O) groups is 15. The molecule has 5 atom stereocenters. The number of benzene rings is 5. The van der Waals surface area contributed by atoms with Crippen molar-refractivity contribution in [1.82, 2.24) is 26.2 Å². The van der Waals surface area contributed by atoms with Crippen molar-refractivity contribution in [3.05, 3.63) is 192 Å². The van der Waals surface area contributed by atoms with Crippen molar-refractivity contribution in [3.8, 4) is 11.5 Å². The van der Waals surface area contributed by atoms with Crippen LogP contribution in [0.3, 0.4) is 0 Å². The maximum atomic E-state index is 13.1. The van der Waals surface area contributed by atoms with E-state index in [0.717, 1.165) is 16.5 Å². The second-order valence-electron chi connectivity index (χ2n) is 23.9. The zero-order valence-electron chi connectivity index (χ0n) is 67.3. The SMILES string of the molecule is CC(C)c1[c-]c(C(=O)[N-]C2CCC(=O)NC2=O)ccc1.CCOc1[c-]c(C(=O)[N-]C2CCC(=O)NC2=O)ccc1.CN1C(=O)CCC([N-]C(=O)c2[c-]cccc2)C1=O.COC.COC.COC.COC.COC.COc1ccc(F)[c-]c1C(=O)[N-][C@@H]1CCC(=O)NC1=O.Cc1cc(F)[c-]c(C(=O)[N-]C2CCC(=O)NC2=O)c1.[W+2].[W+2].[W+2].[W+2].[W+2]. The number of imide groups is 5. The Balaban J connectivity index is -0.000000423. The number of rotatable bonds is 14. The van der Waals surface area contributed by atoms with Gasteiger partial charge >= 0.3 is 105 Å². The van der Waals surface area contributed by atoms with Crippen LogP contribution < -0.4 is 30.7 Å². The molecule has 0 saturated carbocycles. The molecule has 5 fully saturated rings. The van der Waals surface area contributed by atoms with Gasteiger partial charge in [0.2, 0.25) is 59.1 Å². The summed E-state index contributed by atoms with van der Waals surface area (Å²) >= 11 is 0. The van der Waals surface area contributed by atoms with E-state index in [4.69, 9.17) is 9.47 Å². The number of halogens is 2. The Morgan fingerprint density at radius 3 is 1.21 bits per heavy atom. The molecule has 632 valence electrons. The van der Waals surface area contributed by atoms with Crippen LogP contribution in [0.25, 0.3) is 26.6 Å². The van der Waals surface area contributed by atoms with Crippen molar-refractivity contribution in [3.63, 3.8) is 0 Å². The Hall–Kier alpha value is -8.15. The van der Waals surface area contributed by atoms with Crippen molar-refractivity contribution in [2.45, 2.75) is 128 Å². The average Bonchev–Trinajstić information content (AvgIpc) is 0.846. The maximum Gasteiger partial charge on any atom is 2.00 e. The van der Waals surface area contributed by atoms with Gasteiger partial charge in [-0.1, -0.05) is 32.4 Å². The summed E-state index contributed by atoms with van der Waals surface area (Å²) in [5, 5.41) is 27.5. The van der Waals surface area contributed by atoms with Crippen molar-refractivity contribution in [1.29, 1.82) is 0 Å². The smallest absolute Gasteiger partial charge is 0.684 e. The molecular formula is C78H94F2N10O22W5. The van der Waals surface area contributed by atoms with Gasteiger partial charge in [0.15, 0.2) is 0 Å². The van der Waals surface area contributed by atoms with Gasteiger partial charge in [-0.2, -0.15) is 0 Å². The Kier molecular flexibility index (Phi) is 66.0. The first-order chi connectivity index (χ1) is 53.2. The first-order valence-corrected chi connectivity index (χ1v) is 34.2. The number of likely N-dealkylation sites (tertiary alicyclic amines) is 1. The molecule has 0 radical (unpaired) electrons. The fraction of sp³-hybridized carbons (Fsp3) is 0.423. The van der Waals surface area contributed by atoms with Gasteiger partial charge < -0.3 is 83.7 Å². The normalized spacial score (nSPS) is 16.4. The van der Waals surface area contributed by atoms with Crippen LogP contribution in [0.5, 0.6) is 11.5 Å². The molecule has 4 unspecified atom stereocenters. The van der Waals surface area contributed by atoms with Crippen LogP contribution in [0.2, 0.25) is 0 Å². The molecule has 5 heterocycles. The van der Waals surface area contributed by atoms with Crippen LogP contribution >= 0.6 is 0 Å². The van der Waals surface area contributed by atoms with E-state index in [0.29, 0.717) is 35.5 Å². The predicted molar refractivity (Wildman–Crippen MR) is 401 cm³/mol. The number of likely N-dealkylation sites (N-methyl/N-ethyl adjacent to an activating group) is 1. The van der Waals surface area contributed by atoms with E-state index < -0.39 is 107 Å². The van der Waals surface area contributed by atoms with E-state index in [-0.39, 0.29) is 215 Å². The summed E-state index contributed by atoms with van der Waals surface area (Å²) < 4.78 is 57.7. The van der Waals surface area contributed by atoms with Gasteiger partial charge in [-0.3, -0.25) is 74.1 Å². The van der Waals surface area contributed by atoms with E-state index in [9.17, 15) is 80.7 Å². The molecule has 0 spiro atoms. The third-order valence-corrected chi connectivity index (χ3v) is 14.3. The van der Waals surface area contributed by atoms with E-state index >= 15 is 0 Å². The minimum Gasteiger partial charge on any atom is -0.684 e. The van der Waals surface area contributed by atoms with Gasteiger partial charge in [-0.25, -0.2) is 8.78 Å².